The zero-order valence-corrected chi connectivity index (χ0v) is 9.78. The Hall–Kier alpha value is -2.15. The van der Waals surface area contributed by atoms with E-state index in [-0.39, 0.29) is 5.95 Å². The Morgan fingerprint density at radius 2 is 2.00 bits per heavy atom. The molecule has 0 amide bonds. The summed E-state index contributed by atoms with van der Waals surface area (Å²) in [6.07, 6.45) is -3.43. The third-order valence-electron chi connectivity index (χ3n) is 2.36. The number of anilines is 2. The highest BCUT2D eigenvalue weighted by molar-refractivity contribution is 5.54. The molecule has 2 aromatic rings. The van der Waals surface area contributed by atoms with Crippen LogP contribution in [0, 0.1) is 0 Å². The van der Waals surface area contributed by atoms with Gasteiger partial charge in [0.15, 0.2) is 0 Å². The van der Waals surface area contributed by atoms with Crippen LogP contribution in [0.3, 0.4) is 0 Å². The maximum atomic E-state index is 12.5. The van der Waals surface area contributed by atoms with E-state index < -0.39 is 11.9 Å². The van der Waals surface area contributed by atoms with Crippen LogP contribution in [0.25, 0.3) is 0 Å². The van der Waals surface area contributed by atoms with Crippen LogP contribution in [0.5, 0.6) is 0 Å². The van der Waals surface area contributed by atoms with Gasteiger partial charge in [-0.25, -0.2) is 9.97 Å². The van der Waals surface area contributed by atoms with Crippen LogP contribution in [-0.4, -0.2) is 9.97 Å². The molecule has 1 heterocycles. The van der Waals surface area contributed by atoms with Gasteiger partial charge in [-0.1, -0.05) is 12.1 Å². The van der Waals surface area contributed by atoms with Crippen molar-refractivity contribution in [2.24, 2.45) is 5.73 Å². The molecule has 4 nitrogen and oxygen atoms in total. The lowest BCUT2D eigenvalue weighted by atomic mass is 10.2. The molecule has 1 aromatic heterocycles. The first-order chi connectivity index (χ1) is 8.99. The van der Waals surface area contributed by atoms with Gasteiger partial charge in [0.2, 0.25) is 5.95 Å². The minimum atomic E-state index is -4.49. The van der Waals surface area contributed by atoms with Crippen molar-refractivity contribution in [3.8, 4) is 0 Å². The number of alkyl halides is 3. The Kier molecular flexibility index (Phi) is 3.66. The number of benzene rings is 1. The van der Waals surface area contributed by atoms with Gasteiger partial charge < -0.3 is 11.1 Å². The van der Waals surface area contributed by atoms with E-state index in [0.717, 1.165) is 17.8 Å². The molecule has 0 spiro atoms. The second kappa shape index (κ2) is 5.23. The predicted octanol–water partition coefficient (Wildman–Crippen LogP) is 2.70. The van der Waals surface area contributed by atoms with Crippen LogP contribution >= 0.6 is 0 Å². The van der Waals surface area contributed by atoms with Gasteiger partial charge in [-0.05, 0) is 23.8 Å². The maximum absolute atomic E-state index is 12.5. The third-order valence-corrected chi connectivity index (χ3v) is 2.36. The van der Waals surface area contributed by atoms with Crippen LogP contribution in [0.4, 0.5) is 24.8 Å². The van der Waals surface area contributed by atoms with Crippen LogP contribution in [-0.2, 0) is 12.7 Å². The molecule has 2 rings (SSSR count). The van der Waals surface area contributed by atoms with E-state index in [1.54, 1.807) is 18.2 Å². The summed E-state index contributed by atoms with van der Waals surface area (Å²) in [5, 5.41) is 2.71. The molecule has 0 atom stereocenters. The molecule has 7 heteroatoms. The molecule has 1 aromatic carbocycles. The van der Waals surface area contributed by atoms with Gasteiger partial charge in [0, 0.05) is 18.4 Å². The number of aromatic nitrogens is 2. The molecule has 3 N–H and O–H groups in total. The molecule has 0 bridgehead atoms. The molecule has 0 aliphatic carbocycles. The molecule has 19 heavy (non-hydrogen) atoms. The number of rotatable bonds is 3. The van der Waals surface area contributed by atoms with E-state index in [2.05, 4.69) is 15.3 Å². The molecule has 0 unspecified atom stereocenters. The Morgan fingerprint density at radius 3 is 2.68 bits per heavy atom. The van der Waals surface area contributed by atoms with Crippen LogP contribution in [0.2, 0.25) is 0 Å². The molecule has 0 fully saturated rings. The topological polar surface area (TPSA) is 63.8 Å². The number of halogens is 3. The molecular formula is C12H11F3N4. The van der Waals surface area contributed by atoms with Crippen molar-refractivity contribution in [1.29, 1.82) is 0 Å². The lowest BCUT2D eigenvalue weighted by molar-refractivity contribution is -0.141. The van der Waals surface area contributed by atoms with E-state index in [1.165, 1.54) is 0 Å². The molecule has 0 aliphatic heterocycles. The first-order valence-electron chi connectivity index (χ1n) is 5.45. The van der Waals surface area contributed by atoms with Crippen molar-refractivity contribution in [1.82, 2.24) is 9.97 Å². The molecule has 0 aliphatic rings. The van der Waals surface area contributed by atoms with Gasteiger partial charge in [0.05, 0.1) is 0 Å². The summed E-state index contributed by atoms with van der Waals surface area (Å²) in [4.78, 5) is 7.17. The fourth-order valence-corrected chi connectivity index (χ4v) is 1.48. The molecule has 100 valence electrons. The van der Waals surface area contributed by atoms with Crippen LogP contribution < -0.4 is 11.1 Å². The van der Waals surface area contributed by atoms with E-state index in [1.807, 2.05) is 6.07 Å². The number of nitrogens with zero attached hydrogens (tertiary/aromatic N) is 2. The predicted molar refractivity (Wildman–Crippen MR) is 64.7 cm³/mol. The van der Waals surface area contributed by atoms with Gasteiger partial charge in [0.25, 0.3) is 0 Å². The van der Waals surface area contributed by atoms with Crippen molar-refractivity contribution >= 4 is 11.6 Å². The van der Waals surface area contributed by atoms with Crippen molar-refractivity contribution < 1.29 is 13.2 Å². The van der Waals surface area contributed by atoms with Crippen molar-refractivity contribution in [2.75, 3.05) is 5.32 Å². The fraction of sp³-hybridized carbons (Fsp3) is 0.167. The lowest BCUT2D eigenvalue weighted by Crippen LogP contribution is -2.10. The zero-order chi connectivity index (χ0) is 13.9. The lowest BCUT2D eigenvalue weighted by Gasteiger charge is -2.09. The zero-order valence-electron chi connectivity index (χ0n) is 9.78. The number of hydrogen-bond acceptors (Lipinski definition) is 4. The highest BCUT2D eigenvalue weighted by Gasteiger charge is 2.32. The minimum Gasteiger partial charge on any atom is -0.326 e. The molecule has 0 saturated heterocycles. The number of hydrogen-bond donors (Lipinski definition) is 2. The molecule has 0 radical (unpaired) electrons. The summed E-state index contributed by atoms with van der Waals surface area (Å²) in [7, 11) is 0. The summed E-state index contributed by atoms with van der Waals surface area (Å²) < 4.78 is 37.5. The Labute approximate surface area is 107 Å². The monoisotopic (exact) mass is 268 g/mol. The standard InChI is InChI=1S/C12H11F3N4/c13-12(14,15)10-4-5-17-11(19-10)18-9-3-1-2-8(6-9)7-16/h1-6H,7,16H2,(H,17,18,19). The highest BCUT2D eigenvalue weighted by Crippen LogP contribution is 2.28. The molecule has 0 saturated carbocycles. The summed E-state index contributed by atoms with van der Waals surface area (Å²) in [6.45, 7) is 0.346. The summed E-state index contributed by atoms with van der Waals surface area (Å²) >= 11 is 0. The Morgan fingerprint density at radius 1 is 1.21 bits per heavy atom. The number of nitrogens with two attached hydrogens (primary N) is 1. The fourth-order valence-electron chi connectivity index (χ4n) is 1.48. The minimum absolute atomic E-state index is 0.107. The van der Waals surface area contributed by atoms with Gasteiger partial charge in [-0.3, -0.25) is 0 Å². The van der Waals surface area contributed by atoms with Gasteiger partial charge in [-0.2, -0.15) is 13.2 Å². The first kappa shape index (κ1) is 13.3. The van der Waals surface area contributed by atoms with Gasteiger partial charge >= 0.3 is 6.18 Å². The van der Waals surface area contributed by atoms with Gasteiger partial charge in [-0.15, -0.1) is 0 Å². The summed E-state index contributed by atoms with van der Waals surface area (Å²) in [5.74, 6) is -0.107. The maximum Gasteiger partial charge on any atom is 0.433 e. The first-order valence-corrected chi connectivity index (χ1v) is 5.45. The van der Waals surface area contributed by atoms with Crippen molar-refractivity contribution in [3.63, 3.8) is 0 Å². The number of nitrogens with one attached hydrogen (secondary N) is 1. The molecular weight excluding hydrogens is 257 g/mol. The highest BCUT2D eigenvalue weighted by atomic mass is 19.4. The smallest absolute Gasteiger partial charge is 0.326 e. The second-order valence-corrected chi connectivity index (χ2v) is 3.79. The SMILES string of the molecule is NCc1cccc(Nc2nccc(C(F)(F)F)n2)c1. The average Bonchev–Trinajstić information content (AvgIpc) is 2.38. The normalized spacial score (nSPS) is 11.4. The van der Waals surface area contributed by atoms with Crippen molar-refractivity contribution in [3.05, 3.63) is 47.8 Å². The van der Waals surface area contributed by atoms with E-state index in [9.17, 15) is 13.2 Å². The summed E-state index contributed by atoms with van der Waals surface area (Å²) in [6, 6.07) is 7.81. The Bertz CT molecular complexity index is 569. The van der Waals surface area contributed by atoms with Crippen LogP contribution in [0.15, 0.2) is 36.5 Å². The van der Waals surface area contributed by atoms with Crippen molar-refractivity contribution in [2.45, 2.75) is 12.7 Å². The third kappa shape index (κ3) is 3.41. The van der Waals surface area contributed by atoms with E-state index >= 15 is 0 Å². The van der Waals surface area contributed by atoms with E-state index in [4.69, 9.17) is 5.73 Å². The largest absolute Gasteiger partial charge is 0.433 e. The van der Waals surface area contributed by atoms with E-state index in [0.29, 0.717) is 12.2 Å². The average molecular weight is 268 g/mol. The Balaban J connectivity index is 2.23. The van der Waals surface area contributed by atoms with Gasteiger partial charge in [0.1, 0.15) is 5.69 Å². The van der Waals surface area contributed by atoms with Crippen LogP contribution in [0.1, 0.15) is 11.3 Å². The quantitative estimate of drug-likeness (QED) is 0.898. The second-order valence-electron chi connectivity index (χ2n) is 3.79. The summed E-state index contributed by atoms with van der Waals surface area (Å²) in [5.41, 5.74) is 5.94.